The van der Waals surface area contributed by atoms with Gasteiger partial charge in [-0.05, 0) is 42.0 Å². The number of aromatic nitrogens is 5. The number of rotatable bonds is 6. The minimum absolute atomic E-state index is 0.568. The van der Waals surface area contributed by atoms with E-state index in [9.17, 15) is 0 Å². The van der Waals surface area contributed by atoms with E-state index in [0.29, 0.717) is 12.4 Å². The predicted molar refractivity (Wildman–Crippen MR) is 123 cm³/mol. The van der Waals surface area contributed by atoms with E-state index in [1.54, 1.807) is 18.6 Å². The van der Waals surface area contributed by atoms with Crippen molar-refractivity contribution in [3.05, 3.63) is 78.9 Å². The Morgan fingerprint density at radius 2 is 1.81 bits per heavy atom. The van der Waals surface area contributed by atoms with Gasteiger partial charge < -0.3 is 15.0 Å². The van der Waals surface area contributed by atoms with Crippen molar-refractivity contribution in [1.29, 1.82) is 0 Å². The maximum absolute atomic E-state index is 5.45. The van der Waals surface area contributed by atoms with Crippen molar-refractivity contribution in [2.24, 2.45) is 0 Å². The van der Waals surface area contributed by atoms with Crippen LogP contribution >= 0.6 is 0 Å². The predicted octanol–water partition coefficient (Wildman–Crippen LogP) is 3.44. The van der Waals surface area contributed by atoms with Crippen LogP contribution in [0.25, 0.3) is 22.8 Å². The van der Waals surface area contributed by atoms with Crippen molar-refractivity contribution in [2.45, 2.75) is 6.54 Å². The van der Waals surface area contributed by atoms with Gasteiger partial charge in [-0.2, -0.15) is 0 Å². The molecule has 5 rings (SSSR count). The van der Waals surface area contributed by atoms with Crippen molar-refractivity contribution in [3.63, 3.8) is 0 Å². The second kappa shape index (κ2) is 9.49. The number of anilines is 2. The molecule has 1 saturated heterocycles. The van der Waals surface area contributed by atoms with E-state index in [-0.39, 0.29) is 0 Å². The summed E-state index contributed by atoms with van der Waals surface area (Å²) < 4.78 is 5.45. The van der Waals surface area contributed by atoms with Crippen molar-refractivity contribution in [1.82, 2.24) is 24.9 Å². The van der Waals surface area contributed by atoms with Gasteiger partial charge in [0, 0.05) is 56.1 Å². The Bertz CT molecular complexity index is 1110. The first-order valence-electron chi connectivity index (χ1n) is 10.6. The number of nitrogens with zero attached hydrogens (tertiary/aromatic N) is 6. The largest absolute Gasteiger partial charge is 0.378 e. The molecule has 0 radical (unpaired) electrons. The van der Waals surface area contributed by atoms with Gasteiger partial charge in [0.05, 0.1) is 18.9 Å². The van der Waals surface area contributed by atoms with E-state index in [0.717, 1.165) is 60.5 Å². The summed E-state index contributed by atoms with van der Waals surface area (Å²) in [4.78, 5) is 24.8. The lowest BCUT2D eigenvalue weighted by Crippen LogP contribution is -2.36. The SMILES string of the molecule is c1ccc(-c2nc(NCc3ccnc(N4CCOCC4)c3)cc(-c3cccnc3)n2)nc1. The van der Waals surface area contributed by atoms with E-state index in [4.69, 9.17) is 14.7 Å². The van der Waals surface area contributed by atoms with E-state index in [1.807, 2.05) is 48.7 Å². The fourth-order valence-electron chi connectivity index (χ4n) is 3.54. The van der Waals surface area contributed by atoms with Crippen molar-refractivity contribution < 1.29 is 4.74 Å². The van der Waals surface area contributed by atoms with Gasteiger partial charge in [0.2, 0.25) is 0 Å². The van der Waals surface area contributed by atoms with E-state index in [1.165, 1.54) is 0 Å². The Morgan fingerprint density at radius 1 is 0.875 bits per heavy atom. The van der Waals surface area contributed by atoms with Crippen LogP contribution in [0.15, 0.2) is 73.3 Å². The third-order valence-corrected chi connectivity index (χ3v) is 5.20. The highest BCUT2D eigenvalue weighted by Crippen LogP contribution is 2.23. The maximum atomic E-state index is 5.45. The molecule has 160 valence electrons. The first-order chi connectivity index (χ1) is 15.8. The van der Waals surface area contributed by atoms with Crippen LogP contribution in [0.3, 0.4) is 0 Å². The first-order valence-corrected chi connectivity index (χ1v) is 10.6. The molecule has 0 saturated carbocycles. The zero-order valence-electron chi connectivity index (χ0n) is 17.6. The van der Waals surface area contributed by atoms with Crippen molar-refractivity contribution in [2.75, 3.05) is 36.5 Å². The smallest absolute Gasteiger partial charge is 0.180 e. The summed E-state index contributed by atoms with van der Waals surface area (Å²) in [6, 6.07) is 15.7. The van der Waals surface area contributed by atoms with Crippen LogP contribution < -0.4 is 10.2 Å². The standard InChI is InChI=1S/C24H23N7O/c1-2-8-26-20(5-1)24-29-21(19-4-3-7-25-17-19)15-22(30-24)28-16-18-6-9-27-23(14-18)31-10-12-32-13-11-31/h1-9,14-15,17H,10-13,16H2,(H,28,29,30). The Balaban J connectivity index is 1.41. The van der Waals surface area contributed by atoms with Gasteiger partial charge in [-0.3, -0.25) is 9.97 Å². The normalized spacial score (nSPS) is 13.7. The Morgan fingerprint density at radius 3 is 2.62 bits per heavy atom. The van der Waals surface area contributed by atoms with E-state index < -0.39 is 0 Å². The lowest BCUT2D eigenvalue weighted by molar-refractivity contribution is 0.122. The van der Waals surface area contributed by atoms with E-state index >= 15 is 0 Å². The average Bonchev–Trinajstić information content (AvgIpc) is 2.89. The third kappa shape index (κ3) is 4.70. The molecule has 5 heterocycles. The minimum atomic E-state index is 0.568. The summed E-state index contributed by atoms with van der Waals surface area (Å²) in [5.41, 5.74) is 3.57. The molecule has 0 bridgehead atoms. The quantitative estimate of drug-likeness (QED) is 0.503. The summed E-state index contributed by atoms with van der Waals surface area (Å²) >= 11 is 0. The molecule has 0 atom stereocenters. The highest BCUT2D eigenvalue weighted by atomic mass is 16.5. The summed E-state index contributed by atoms with van der Waals surface area (Å²) in [7, 11) is 0. The second-order valence-corrected chi connectivity index (χ2v) is 7.39. The van der Waals surface area contributed by atoms with Crippen LogP contribution in [0.4, 0.5) is 11.6 Å². The third-order valence-electron chi connectivity index (χ3n) is 5.20. The zero-order chi connectivity index (χ0) is 21.6. The van der Waals surface area contributed by atoms with Crippen molar-refractivity contribution >= 4 is 11.6 Å². The first kappa shape index (κ1) is 20.0. The van der Waals surface area contributed by atoms with Crippen LogP contribution in [0.5, 0.6) is 0 Å². The minimum Gasteiger partial charge on any atom is -0.378 e. The second-order valence-electron chi connectivity index (χ2n) is 7.39. The lowest BCUT2D eigenvalue weighted by Gasteiger charge is -2.28. The molecule has 0 amide bonds. The molecule has 4 aromatic rings. The summed E-state index contributed by atoms with van der Waals surface area (Å²) in [6.07, 6.45) is 7.14. The molecule has 32 heavy (non-hydrogen) atoms. The topological polar surface area (TPSA) is 89.0 Å². The molecule has 0 aromatic carbocycles. The van der Waals surface area contributed by atoms with Gasteiger partial charge in [0.25, 0.3) is 0 Å². The zero-order valence-corrected chi connectivity index (χ0v) is 17.6. The highest BCUT2D eigenvalue weighted by molar-refractivity contribution is 5.65. The molecule has 1 fully saturated rings. The van der Waals surface area contributed by atoms with Gasteiger partial charge in [0.1, 0.15) is 17.3 Å². The van der Waals surface area contributed by atoms with Gasteiger partial charge in [-0.15, -0.1) is 0 Å². The van der Waals surface area contributed by atoms with Gasteiger partial charge in [-0.25, -0.2) is 15.0 Å². The van der Waals surface area contributed by atoms with E-state index in [2.05, 4.69) is 31.2 Å². The van der Waals surface area contributed by atoms with Gasteiger partial charge in [-0.1, -0.05) is 6.07 Å². The number of pyridine rings is 3. The van der Waals surface area contributed by atoms with Gasteiger partial charge in [0.15, 0.2) is 5.82 Å². The summed E-state index contributed by atoms with van der Waals surface area (Å²) in [5, 5.41) is 3.44. The molecular weight excluding hydrogens is 402 g/mol. The average molecular weight is 425 g/mol. The molecule has 8 heteroatoms. The Labute approximate surface area is 186 Å². The number of hydrogen-bond donors (Lipinski definition) is 1. The molecule has 0 unspecified atom stereocenters. The monoisotopic (exact) mass is 425 g/mol. The fourth-order valence-corrected chi connectivity index (χ4v) is 3.54. The lowest BCUT2D eigenvalue weighted by atomic mass is 10.2. The van der Waals surface area contributed by atoms with Crippen LogP contribution in [0.1, 0.15) is 5.56 Å². The molecule has 1 N–H and O–H groups in total. The van der Waals surface area contributed by atoms with Crippen LogP contribution in [-0.4, -0.2) is 51.2 Å². The number of nitrogens with one attached hydrogen (secondary N) is 1. The molecule has 0 spiro atoms. The molecule has 1 aliphatic heterocycles. The Kier molecular flexibility index (Phi) is 5.93. The fraction of sp³-hybridized carbons (Fsp3) is 0.208. The highest BCUT2D eigenvalue weighted by Gasteiger charge is 2.13. The number of hydrogen-bond acceptors (Lipinski definition) is 8. The van der Waals surface area contributed by atoms with Crippen molar-refractivity contribution in [3.8, 4) is 22.8 Å². The Hall–Kier alpha value is -3.91. The molecule has 0 aliphatic carbocycles. The summed E-state index contributed by atoms with van der Waals surface area (Å²) in [5.74, 6) is 2.27. The van der Waals surface area contributed by atoms with Gasteiger partial charge >= 0.3 is 0 Å². The van der Waals surface area contributed by atoms with Crippen LogP contribution in [0.2, 0.25) is 0 Å². The molecule has 4 aromatic heterocycles. The van der Waals surface area contributed by atoms with Crippen LogP contribution in [0, 0.1) is 0 Å². The number of ether oxygens (including phenoxy) is 1. The van der Waals surface area contributed by atoms with Crippen LogP contribution in [-0.2, 0) is 11.3 Å². The number of morpholine rings is 1. The summed E-state index contributed by atoms with van der Waals surface area (Å²) in [6.45, 7) is 3.80. The molecular formula is C24H23N7O. The molecule has 8 nitrogen and oxygen atoms in total. The molecule has 1 aliphatic rings. The maximum Gasteiger partial charge on any atom is 0.180 e.